The number of hydrogen-bond acceptors (Lipinski definition) is 5. The minimum atomic E-state index is -4.10. The third kappa shape index (κ3) is 12.2. The van der Waals surface area contributed by atoms with E-state index in [0.717, 1.165) is 0 Å². The molecule has 0 N–H and O–H groups in total. The van der Waals surface area contributed by atoms with Crippen molar-refractivity contribution in [2.24, 2.45) is 0 Å². The van der Waals surface area contributed by atoms with Crippen LogP contribution in [0.4, 0.5) is 0 Å². The Labute approximate surface area is 128 Å². The van der Waals surface area contributed by atoms with Crippen molar-refractivity contribution in [3.8, 4) is 0 Å². The van der Waals surface area contributed by atoms with Crippen molar-refractivity contribution in [2.45, 2.75) is 18.7 Å². The van der Waals surface area contributed by atoms with Gasteiger partial charge in [-0.05, 0) is 14.1 Å². The smallest absolute Gasteiger partial charge is 0.766 e. The molecule has 70 valence electrons. The van der Waals surface area contributed by atoms with Crippen LogP contribution in [0.5, 0.6) is 0 Å². The van der Waals surface area contributed by atoms with E-state index in [-0.39, 0.29) is 75.3 Å². The van der Waals surface area contributed by atoms with Gasteiger partial charge in [-0.15, -0.1) is 0 Å². The van der Waals surface area contributed by atoms with Gasteiger partial charge in [-0.2, -0.15) is 0 Å². The number of nitrogens with zero attached hydrogens (tertiary/aromatic N) is 1. The minimum absolute atomic E-state index is 0. The Balaban J connectivity index is -0.000000500. The molecule has 0 aromatic rings. The maximum absolute atomic E-state index is 10.3. The Bertz CT molecular complexity index is 208. The monoisotopic (exact) mass is 245 g/mol. The van der Waals surface area contributed by atoms with Crippen LogP contribution < -0.4 is 59.1 Å². The first-order chi connectivity index (χ1) is 4.87. The molecule has 1 unspecified atom stereocenters. The van der Waals surface area contributed by atoms with E-state index < -0.39 is 9.15 Å². The van der Waals surface area contributed by atoms with Gasteiger partial charge in [-0.1, -0.05) is 18.7 Å². The van der Waals surface area contributed by atoms with E-state index in [1.165, 1.54) is 0 Å². The summed E-state index contributed by atoms with van der Waals surface area (Å²) in [6, 6.07) is 0. The van der Waals surface area contributed by atoms with Gasteiger partial charge in [0.15, 0.2) is 0 Å². The maximum Gasteiger partial charge on any atom is 1.00 e. The zero-order chi connectivity index (χ0) is 9.07. The topological polar surface area (TPSA) is 60.4 Å². The molecule has 0 aliphatic heterocycles. The fourth-order valence-electron chi connectivity index (χ4n) is 0.683. The third-order valence-electron chi connectivity index (χ3n) is 1.21. The number of hydrogen-bond donors (Lipinski definition) is 0. The van der Waals surface area contributed by atoms with Crippen molar-refractivity contribution in [3.05, 3.63) is 0 Å². The largest absolute Gasteiger partial charge is 1.00 e. The molecule has 8 heteroatoms. The average molecular weight is 245 g/mol. The molecule has 0 saturated heterocycles. The second-order valence-corrected chi connectivity index (χ2v) is 6.02. The second kappa shape index (κ2) is 9.45. The Morgan fingerprint density at radius 1 is 1.38 bits per heavy atom. The summed E-state index contributed by atoms with van der Waals surface area (Å²) in [5.74, 6) is 0. The molecule has 0 aromatic carbocycles. The molecule has 0 amide bonds. The number of thiol groups is 1. The summed E-state index contributed by atoms with van der Waals surface area (Å²) in [7, 11) is -0.633. The van der Waals surface area contributed by atoms with Crippen LogP contribution in [0, 0.1) is 0 Å². The fraction of sp³-hybridized carbons (Fsp3) is 1.00. The molecule has 0 radical (unpaired) electrons. The van der Waals surface area contributed by atoms with Crippen molar-refractivity contribution >= 4 is 19.9 Å². The van der Waals surface area contributed by atoms with Crippen LogP contribution in [0.3, 0.4) is 0 Å². The van der Waals surface area contributed by atoms with E-state index >= 15 is 0 Å². The van der Waals surface area contributed by atoms with Crippen molar-refractivity contribution in [3.63, 3.8) is 0 Å². The molecule has 0 aromatic heterocycles. The predicted octanol–water partition coefficient (Wildman–Crippen LogP) is -6.43. The van der Waals surface area contributed by atoms with Crippen molar-refractivity contribution in [2.75, 3.05) is 14.1 Å². The first-order valence-corrected chi connectivity index (χ1v) is 6.19. The van der Waals surface area contributed by atoms with Crippen LogP contribution >= 0.6 is 0 Å². The predicted molar refractivity (Wildman–Crippen MR) is 46.2 cm³/mol. The van der Waals surface area contributed by atoms with Gasteiger partial charge in [0.05, 0.1) is 0 Å². The van der Waals surface area contributed by atoms with Gasteiger partial charge in [0.2, 0.25) is 0 Å². The van der Waals surface area contributed by atoms with Crippen molar-refractivity contribution < 1.29 is 72.1 Å². The van der Waals surface area contributed by atoms with E-state index in [1.807, 2.05) is 6.92 Å². The first-order valence-electron chi connectivity index (χ1n) is 3.21. The van der Waals surface area contributed by atoms with Gasteiger partial charge >= 0.3 is 59.1 Å². The quantitative estimate of drug-likeness (QED) is 0.162. The van der Waals surface area contributed by atoms with Gasteiger partial charge < -0.3 is 20.2 Å². The molecule has 0 saturated carbocycles. The number of rotatable bonds is 4. The Kier molecular flexibility index (Phi) is 15.0. The summed E-state index contributed by atoms with van der Waals surface area (Å²) in [6.45, 7) is 1.85. The molecule has 0 bridgehead atoms. The summed E-state index contributed by atoms with van der Waals surface area (Å²) < 4.78 is 30.9. The van der Waals surface area contributed by atoms with Crippen LogP contribution in [-0.2, 0) is 19.9 Å². The first kappa shape index (κ1) is 20.6. The van der Waals surface area contributed by atoms with Crippen LogP contribution in [0.1, 0.15) is 13.3 Å². The van der Waals surface area contributed by atoms with E-state index in [0.29, 0.717) is 6.42 Å². The summed E-state index contributed by atoms with van der Waals surface area (Å²) in [5, 5.41) is -0.183. The minimum Gasteiger partial charge on any atom is -0.766 e. The van der Waals surface area contributed by atoms with Crippen LogP contribution in [-0.4, -0.2) is 37.3 Å². The zero-order valence-electron chi connectivity index (χ0n) is 8.81. The molecule has 4 nitrogen and oxygen atoms in total. The molecule has 0 fully saturated rings. The summed E-state index contributed by atoms with van der Waals surface area (Å²) in [5.41, 5.74) is 0. The average Bonchev–Trinajstić information content (AvgIpc) is 1.80. The van der Waals surface area contributed by atoms with Gasteiger partial charge in [0.25, 0.3) is 0 Å². The fourth-order valence-corrected chi connectivity index (χ4v) is 3.23. The Morgan fingerprint density at radius 3 is 1.85 bits per heavy atom. The van der Waals surface area contributed by atoms with Gasteiger partial charge in [0, 0.05) is 9.15 Å². The summed E-state index contributed by atoms with van der Waals surface area (Å²) in [6.07, 6.45) is 0.663. The van der Waals surface area contributed by atoms with Crippen LogP contribution in [0.2, 0.25) is 0 Å². The SMILES string of the molecule is CCC([SH-]S(=O)(=O)[O-])N(C)C.[Na+].[Na+]. The molecular formula is C5H13NNa2O3S2. The van der Waals surface area contributed by atoms with Gasteiger partial charge in [-0.25, -0.2) is 0 Å². The third-order valence-corrected chi connectivity index (χ3v) is 4.05. The molecule has 0 spiro atoms. The van der Waals surface area contributed by atoms with Crippen LogP contribution in [0.25, 0.3) is 0 Å². The molecule has 0 aliphatic rings. The van der Waals surface area contributed by atoms with E-state index in [9.17, 15) is 13.0 Å². The molecule has 1 atom stereocenters. The van der Waals surface area contributed by atoms with Gasteiger partial charge in [-0.3, -0.25) is 8.42 Å². The molecule has 0 rings (SSSR count). The second-order valence-electron chi connectivity index (χ2n) is 2.39. The summed E-state index contributed by atoms with van der Waals surface area (Å²) >= 11 is 0. The van der Waals surface area contributed by atoms with Crippen LogP contribution in [0.15, 0.2) is 0 Å². The van der Waals surface area contributed by atoms with E-state index in [1.54, 1.807) is 19.0 Å². The van der Waals surface area contributed by atoms with E-state index in [4.69, 9.17) is 0 Å². The van der Waals surface area contributed by atoms with Crippen molar-refractivity contribution in [1.82, 2.24) is 4.90 Å². The van der Waals surface area contributed by atoms with E-state index in [2.05, 4.69) is 0 Å². The molecular weight excluding hydrogens is 232 g/mol. The molecule has 13 heavy (non-hydrogen) atoms. The molecule has 0 aliphatic carbocycles. The maximum atomic E-state index is 10.3. The normalized spacial score (nSPS) is 13.3. The standard InChI is InChI=1S/C5H14NO3S2.2Na/c1-4-5(6(2)3)10-11(7,8)9;;/h5,10H,4H2,1-3H3,(H,7,8,9);;/q-1;2*+1/p-1. The zero-order valence-corrected chi connectivity index (χ0v) is 14.5. The Morgan fingerprint density at radius 2 is 1.77 bits per heavy atom. The Hall–Kier alpha value is 2.22. The van der Waals surface area contributed by atoms with Gasteiger partial charge in [0.1, 0.15) is 0 Å². The van der Waals surface area contributed by atoms with Crippen molar-refractivity contribution in [1.29, 1.82) is 0 Å². The summed E-state index contributed by atoms with van der Waals surface area (Å²) in [4.78, 5) is 1.73. The molecule has 0 heterocycles.